The lowest BCUT2D eigenvalue weighted by Crippen LogP contribution is -1.97. The Morgan fingerprint density at radius 1 is 0.962 bits per heavy atom. The molecule has 0 heterocycles. The number of hydrogen-bond donors (Lipinski definition) is 0. The number of Topliss-reactive ketones (excluding diaryl/α,β-unsaturated/α-hetero) is 1. The second kappa shape index (κ2) is 7.30. The molecule has 0 saturated heterocycles. The molecule has 2 nitrogen and oxygen atoms in total. The highest BCUT2D eigenvalue weighted by atomic mass is 79.9. The van der Waals surface area contributed by atoms with Crippen LogP contribution in [0.15, 0.2) is 82.8 Å². The van der Waals surface area contributed by atoms with Gasteiger partial charge in [0.2, 0.25) is 0 Å². The van der Waals surface area contributed by atoms with Gasteiger partial charge in [0.25, 0.3) is 0 Å². The minimum absolute atomic E-state index is 0.126. The highest BCUT2D eigenvalue weighted by Crippen LogP contribution is 2.31. The van der Waals surface area contributed by atoms with E-state index < -0.39 is 0 Å². The molecule has 1 aliphatic rings. The first kappa shape index (κ1) is 16.8. The van der Waals surface area contributed by atoms with E-state index in [1.165, 1.54) is 0 Å². The van der Waals surface area contributed by atoms with E-state index in [4.69, 9.17) is 4.74 Å². The minimum atomic E-state index is 0.126. The van der Waals surface area contributed by atoms with Crippen molar-refractivity contribution in [2.75, 3.05) is 0 Å². The van der Waals surface area contributed by atoms with Crippen LogP contribution in [0.2, 0.25) is 0 Å². The van der Waals surface area contributed by atoms with E-state index in [-0.39, 0.29) is 5.78 Å². The second-order valence-corrected chi connectivity index (χ2v) is 7.15. The summed E-state index contributed by atoms with van der Waals surface area (Å²) in [4.78, 5) is 12.5. The zero-order valence-electron chi connectivity index (χ0n) is 14.1. The number of fused-ring (bicyclic) bond motifs is 1. The molecule has 128 valence electrons. The van der Waals surface area contributed by atoms with E-state index in [0.29, 0.717) is 13.0 Å². The van der Waals surface area contributed by atoms with Gasteiger partial charge in [0, 0.05) is 17.6 Å². The second-order valence-electron chi connectivity index (χ2n) is 6.30. The van der Waals surface area contributed by atoms with Gasteiger partial charge in [-0.25, -0.2) is 0 Å². The van der Waals surface area contributed by atoms with Crippen molar-refractivity contribution in [3.8, 4) is 5.75 Å². The zero-order chi connectivity index (χ0) is 17.9. The van der Waals surface area contributed by atoms with Crippen LogP contribution in [-0.4, -0.2) is 5.78 Å². The van der Waals surface area contributed by atoms with Crippen molar-refractivity contribution in [2.45, 2.75) is 13.0 Å². The van der Waals surface area contributed by atoms with E-state index in [1.807, 2.05) is 78.9 Å². The van der Waals surface area contributed by atoms with Crippen molar-refractivity contribution < 1.29 is 9.53 Å². The lowest BCUT2D eigenvalue weighted by Gasteiger charge is -2.09. The Bertz CT molecular complexity index is 990. The average Bonchev–Trinajstić information content (AvgIpc) is 2.98. The van der Waals surface area contributed by atoms with Gasteiger partial charge in [-0.2, -0.15) is 0 Å². The summed E-state index contributed by atoms with van der Waals surface area (Å²) >= 11 is 3.57. The van der Waals surface area contributed by atoms with Crippen LogP contribution in [0.25, 0.3) is 6.08 Å². The maximum atomic E-state index is 12.5. The Kier molecular flexibility index (Phi) is 4.72. The summed E-state index contributed by atoms with van der Waals surface area (Å²) in [6.45, 7) is 0.521. The number of ketones is 1. The number of halogens is 1. The first-order valence-electron chi connectivity index (χ1n) is 8.50. The lowest BCUT2D eigenvalue weighted by atomic mass is 10.1. The van der Waals surface area contributed by atoms with Gasteiger partial charge >= 0.3 is 0 Å². The summed E-state index contributed by atoms with van der Waals surface area (Å²) in [7, 11) is 0. The van der Waals surface area contributed by atoms with Crippen LogP contribution in [0, 0.1) is 0 Å². The number of hydrogen-bond acceptors (Lipinski definition) is 2. The number of rotatable bonds is 4. The molecule has 3 aromatic rings. The predicted octanol–water partition coefficient (Wildman–Crippen LogP) is 5.85. The molecule has 3 aromatic carbocycles. The molecule has 1 aliphatic carbocycles. The maximum absolute atomic E-state index is 12.5. The summed E-state index contributed by atoms with van der Waals surface area (Å²) in [5.74, 6) is 0.915. The summed E-state index contributed by atoms with van der Waals surface area (Å²) in [6, 6.07) is 23.8. The Balaban J connectivity index is 1.51. The normalized spacial score (nSPS) is 14.5. The molecule has 0 atom stereocenters. The van der Waals surface area contributed by atoms with Gasteiger partial charge in [0.05, 0.1) is 4.47 Å². The fraction of sp³-hybridized carbons (Fsp3) is 0.0870. The predicted molar refractivity (Wildman–Crippen MR) is 107 cm³/mol. The van der Waals surface area contributed by atoms with Crippen LogP contribution < -0.4 is 4.74 Å². The smallest absolute Gasteiger partial charge is 0.189 e. The first-order valence-corrected chi connectivity index (χ1v) is 9.29. The summed E-state index contributed by atoms with van der Waals surface area (Å²) < 4.78 is 6.77. The molecule has 0 radical (unpaired) electrons. The number of carbonyl (C=O) groups excluding carboxylic acids is 1. The molecule has 26 heavy (non-hydrogen) atoms. The summed E-state index contributed by atoms with van der Waals surface area (Å²) in [5.41, 5.74) is 4.86. The summed E-state index contributed by atoms with van der Waals surface area (Å²) in [6.07, 6.45) is 2.66. The quantitative estimate of drug-likeness (QED) is 0.509. The molecule has 0 fully saturated rings. The minimum Gasteiger partial charge on any atom is -0.488 e. The lowest BCUT2D eigenvalue weighted by molar-refractivity contribution is 0.104. The van der Waals surface area contributed by atoms with E-state index in [1.54, 1.807) is 0 Å². The van der Waals surface area contributed by atoms with Crippen LogP contribution in [0.5, 0.6) is 5.75 Å². The van der Waals surface area contributed by atoms with Gasteiger partial charge in [0.15, 0.2) is 5.78 Å². The number of ether oxygens (including phenoxy) is 1. The van der Waals surface area contributed by atoms with Gasteiger partial charge < -0.3 is 4.74 Å². The summed E-state index contributed by atoms with van der Waals surface area (Å²) in [5, 5.41) is 0. The van der Waals surface area contributed by atoms with Crippen molar-refractivity contribution in [1.29, 1.82) is 0 Å². The Labute approximate surface area is 161 Å². The molecule has 0 amide bonds. The molecule has 0 spiro atoms. The molecular weight excluding hydrogens is 388 g/mol. The number of allylic oxidation sites excluding steroid dienone is 1. The molecule has 3 heteroatoms. The Morgan fingerprint density at radius 2 is 1.73 bits per heavy atom. The van der Waals surface area contributed by atoms with Gasteiger partial charge in [0.1, 0.15) is 12.4 Å². The molecule has 4 rings (SSSR count). The van der Waals surface area contributed by atoms with Crippen LogP contribution in [0.3, 0.4) is 0 Å². The third kappa shape index (κ3) is 3.49. The van der Waals surface area contributed by atoms with Crippen molar-refractivity contribution in [2.24, 2.45) is 0 Å². The van der Waals surface area contributed by atoms with Crippen molar-refractivity contribution in [1.82, 2.24) is 0 Å². The molecule has 0 N–H and O–H groups in total. The average molecular weight is 405 g/mol. The number of carbonyl (C=O) groups is 1. The third-order valence-corrected chi connectivity index (χ3v) is 5.09. The van der Waals surface area contributed by atoms with E-state index in [0.717, 1.165) is 38.0 Å². The topological polar surface area (TPSA) is 26.3 Å². The largest absolute Gasteiger partial charge is 0.488 e. The maximum Gasteiger partial charge on any atom is 0.189 e. The monoisotopic (exact) mass is 404 g/mol. The fourth-order valence-electron chi connectivity index (χ4n) is 3.13. The van der Waals surface area contributed by atoms with E-state index in [2.05, 4.69) is 15.9 Å². The van der Waals surface area contributed by atoms with Crippen LogP contribution in [0.4, 0.5) is 0 Å². The zero-order valence-corrected chi connectivity index (χ0v) is 15.7. The van der Waals surface area contributed by atoms with Crippen LogP contribution in [0.1, 0.15) is 27.0 Å². The van der Waals surface area contributed by atoms with Crippen molar-refractivity contribution in [3.63, 3.8) is 0 Å². The van der Waals surface area contributed by atoms with Crippen LogP contribution in [-0.2, 0) is 13.0 Å². The van der Waals surface area contributed by atoms with Crippen molar-refractivity contribution >= 4 is 27.8 Å². The highest BCUT2D eigenvalue weighted by Gasteiger charge is 2.23. The van der Waals surface area contributed by atoms with Crippen molar-refractivity contribution in [3.05, 3.63) is 105 Å². The molecular formula is C23H17BrO2. The van der Waals surface area contributed by atoms with Gasteiger partial charge in [-0.3, -0.25) is 4.79 Å². The van der Waals surface area contributed by atoms with Gasteiger partial charge in [-0.15, -0.1) is 0 Å². The third-order valence-electron chi connectivity index (χ3n) is 4.47. The van der Waals surface area contributed by atoms with Crippen LogP contribution >= 0.6 is 15.9 Å². The molecule has 0 unspecified atom stereocenters. The SMILES string of the molecule is O=C1/C(=C/c2ccc(OCc3ccccc3)c(Br)c2)Cc2ccccc21. The van der Waals surface area contributed by atoms with E-state index >= 15 is 0 Å². The molecule has 0 saturated carbocycles. The number of benzene rings is 3. The highest BCUT2D eigenvalue weighted by molar-refractivity contribution is 9.10. The Morgan fingerprint density at radius 3 is 2.50 bits per heavy atom. The first-order chi connectivity index (χ1) is 12.7. The standard InChI is InChI=1S/C23H17BrO2/c24-21-13-17(10-11-22(21)26-15-16-6-2-1-3-7-16)12-19-14-18-8-4-5-9-20(18)23(19)25/h1-13H,14-15H2/b19-12+. The van der Waals surface area contributed by atoms with Gasteiger partial charge in [-0.1, -0.05) is 60.7 Å². The van der Waals surface area contributed by atoms with Gasteiger partial charge in [-0.05, 0) is 50.8 Å². The molecule has 0 bridgehead atoms. The van der Waals surface area contributed by atoms with E-state index in [9.17, 15) is 4.79 Å². The molecule has 0 aliphatic heterocycles. The Hall–Kier alpha value is -2.65. The fourth-order valence-corrected chi connectivity index (χ4v) is 3.64. The molecule has 0 aromatic heterocycles.